The van der Waals surface area contributed by atoms with E-state index < -0.39 is 36.0 Å². The van der Waals surface area contributed by atoms with Crippen LogP contribution < -0.4 is 10.0 Å². The Kier molecular flexibility index (Phi) is 10.4. The number of carbonyl (C=O) groups excluding carboxylic acids is 2. The van der Waals surface area contributed by atoms with Gasteiger partial charge in [0.15, 0.2) is 0 Å². The molecule has 2 amide bonds. The zero-order chi connectivity index (χ0) is 36.5. The number of aromatic amines is 1. The Morgan fingerprint density at radius 3 is 2.35 bits per heavy atom. The second-order valence-electron chi connectivity index (χ2n) is 13.4. The molecule has 1 saturated heterocycles. The Bertz CT molecular complexity index is 2190. The average molecular weight is 762 g/mol. The molecule has 6 rings (SSSR count). The molecule has 263 valence electrons. The second kappa shape index (κ2) is 14.6. The minimum Gasteiger partial charge on any atom is -0.366 e. The number of primary amides is 1. The number of hydrogen-bond donors (Lipinski definition) is 2. The summed E-state index contributed by atoms with van der Waals surface area (Å²) < 4.78 is 34.4. The number of nitrogens with one attached hydrogen (secondary N) is 1. The number of anilines is 1. The van der Waals surface area contributed by atoms with Crippen molar-refractivity contribution in [2.75, 3.05) is 24.2 Å². The predicted octanol–water partition coefficient (Wildman–Crippen LogP) is 7.34. The molecule has 1 unspecified atom stereocenters. The number of carbonyl (C=O) groups is 2. The first-order valence-corrected chi connectivity index (χ1v) is 22.0. The van der Waals surface area contributed by atoms with E-state index in [9.17, 15) is 18.0 Å². The lowest BCUT2D eigenvalue weighted by molar-refractivity contribution is -0.127. The van der Waals surface area contributed by atoms with Gasteiger partial charge in [0, 0.05) is 37.0 Å². The SMILES string of the molecule is C[Si](C)(C)CCOCN1C(=O)CN(c2ccc(C(c3ccc(-c4cc[c]cc4C(N)=O)cc3)c3nc(-c4ccc(Cl)cc4Cl)c[nH]3)cc2)S1(=O)=O. The summed E-state index contributed by atoms with van der Waals surface area (Å²) >= 11 is 12.6. The number of halogens is 2. The predicted molar refractivity (Wildman–Crippen MR) is 203 cm³/mol. The van der Waals surface area contributed by atoms with Crippen LogP contribution >= 0.6 is 23.2 Å². The monoisotopic (exact) mass is 760 g/mol. The third-order valence-electron chi connectivity index (χ3n) is 8.60. The van der Waals surface area contributed by atoms with Crippen molar-refractivity contribution in [1.82, 2.24) is 14.3 Å². The van der Waals surface area contributed by atoms with Crippen molar-refractivity contribution >= 4 is 59.0 Å². The van der Waals surface area contributed by atoms with Gasteiger partial charge in [0.25, 0.3) is 5.91 Å². The molecule has 0 saturated carbocycles. The van der Waals surface area contributed by atoms with E-state index in [-0.39, 0.29) is 13.3 Å². The van der Waals surface area contributed by atoms with Gasteiger partial charge < -0.3 is 15.5 Å². The van der Waals surface area contributed by atoms with E-state index in [0.717, 1.165) is 31.3 Å². The number of H-pyrrole nitrogens is 1. The summed E-state index contributed by atoms with van der Waals surface area (Å²) in [5.41, 5.74) is 10.8. The Labute approximate surface area is 308 Å². The molecule has 4 aromatic carbocycles. The van der Waals surface area contributed by atoms with E-state index in [1.807, 2.05) is 36.4 Å². The van der Waals surface area contributed by atoms with Crippen LogP contribution in [0, 0.1) is 6.07 Å². The third-order valence-corrected chi connectivity index (χ3v) is 12.6. The zero-order valence-corrected chi connectivity index (χ0v) is 31.5. The molecule has 1 aromatic heterocycles. The van der Waals surface area contributed by atoms with Crippen molar-refractivity contribution in [3.05, 3.63) is 130 Å². The van der Waals surface area contributed by atoms with Gasteiger partial charge in [0.05, 0.1) is 22.3 Å². The number of benzene rings is 4. The lowest BCUT2D eigenvalue weighted by Crippen LogP contribution is -2.36. The minimum atomic E-state index is -4.13. The summed E-state index contributed by atoms with van der Waals surface area (Å²) in [6, 6.07) is 28.7. The van der Waals surface area contributed by atoms with E-state index in [1.54, 1.807) is 54.7 Å². The molecule has 3 N–H and O–H groups in total. The van der Waals surface area contributed by atoms with Gasteiger partial charge in [-0.1, -0.05) is 91.4 Å². The molecule has 1 aliphatic rings. The van der Waals surface area contributed by atoms with Crippen LogP contribution in [0.2, 0.25) is 35.7 Å². The first-order valence-electron chi connectivity index (χ1n) is 16.1. The number of aromatic nitrogens is 2. The summed E-state index contributed by atoms with van der Waals surface area (Å²) in [5, 5.41) is 0.959. The van der Waals surface area contributed by atoms with Gasteiger partial charge in [0.1, 0.15) is 19.1 Å². The van der Waals surface area contributed by atoms with Crippen LogP contribution in [0.4, 0.5) is 5.69 Å². The molecule has 0 spiro atoms. The maximum Gasteiger partial charge on any atom is 0.331 e. The van der Waals surface area contributed by atoms with Gasteiger partial charge in [-0.3, -0.25) is 9.59 Å². The highest BCUT2D eigenvalue weighted by molar-refractivity contribution is 7.91. The number of imidazole rings is 1. The molecule has 1 atom stereocenters. The fourth-order valence-corrected chi connectivity index (χ4v) is 8.51. The van der Waals surface area contributed by atoms with Crippen LogP contribution in [-0.4, -0.2) is 62.5 Å². The Balaban J connectivity index is 1.32. The van der Waals surface area contributed by atoms with Crippen molar-refractivity contribution < 1.29 is 22.7 Å². The van der Waals surface area contributed by atoms with Gasteiger partial charge in [0.2, 0.25) is 5.91 Å². The van der Waals surface area contributed by atoms with Crippen molar-refractivity contribution in [2.45, 2.75) is 31.6 Å². The first-order chi connectivity index (χ1) is 24.2. The summed E-state index contributed by atoms with van der Waals surface area (Å²) in [7, 11) is -5.52. The number of ether oxygens (including phenoxy) is 1. The zero-order valence-electron chi connectivity index (χ0n) is 28.2. The number of hydrogen-bond acceptors (Lipinski definition) is 6. The molecule has 10 nitrogen and oxygen atoms in total. The number of nitrogens with zero attached hydrogens (tertiary/aromatic N) is 3. The number of nitrogens with two attached hydrogens (primary N) is 1. The highest BCUT2D eigenvalue weighted by Crippen LogP contribution is 2.37. The summed E-state index contributed by atoms with van der Waals surface area (Å²) in [4.78, 5) is 33.2. The topological polar surface area (TPSA) is 139 Å². The van der Waals surface area contributed by atoms with E-state index in [2.05, 4.69) is 30.7 Å². The van der Waals surface area contributed by atoms with E-state index in [4.69, 9.17) is 38.7 Å². The van der Waals surface area contributed by atoms with Gasteiger partial charge in [-0.25, -0.2) is 9.29 Å². The molecule has 51 heavy (non-hydrogen) atoms. The molecule has 14 heteroatoms. The first kappa shape index (κ1) is 36.3. The molecule has 0 aliphatic carbocycles. The standard InChI is InChI=1S/C37H36Cl2N5O5SSi/c1-51(2,3)19-18-49-23-44-34(45)22-43(50(44,47)48)28-15-12-26(13-16-28)35(37-41-21-33(42-37)31-17-14-27(38)20-32(31)39)25-10-8-24(9-11-25)29-6-4-5-7-30(29)36(40)46/h4,6-17,20-21,35H,18-19,22-23H2,1-3H3,(H2,40,46)(H,41,42). The lowest BCUT2D eigenvalue weighted by Gasteiger charge is -2.22. The van der Waals surface area contributed by atoms with Gasteiger partial charge in [-0.15, -0.1) is 0 Å². The Morgan fingerprint density at radius 1 is 1.02 bits per heavy atom. The smallest absolute Gasteiger partial charge is 0.331 e. The van der Waals surface area contributed by atoms with Gasteiger partial charge in [-0.2, -0.15) is 12.7 Å². The fraction of sp³-hybridized carbons (Fsp3) is 0.216. The maximum absolute atomic E-state index is 13.5. The van der Waals surface area contributed by atoms with Crippen molar-refractivity contribution in [3.63, 3.8) is 0 Å². The molecular weight excluding hydrogens is 725 g/mol. The van der Waals surface area contributed by atoms with Crippen LogP contribution in [0.3, 0.4) is 0 Å². The molecule has 0 bridgehead atoms. The summed E-state index contributed by atoms with van der Waals surface area (Å²) in [6.45, 7) is 6.34. The van der Waals surface area contributed by atoms with Crippen molar-refractivity contribution in [1.29, 1.82) is 0 Å². The molecule has 5 aromatic rings. The average Bonchev–Trinajstić information content (AvgIpc) is 3.65. The maximum atomic E-state index is 13.5. The quantitative estimate of drug-likeness (QED) is 0.101. The van der Waals surface area contributed by atoms with Crippen LogP contribution in [-0.2, 0) is 19.7 Å². The molecule has 2 heterocycles. The largest absolute Gasteiger partial charge is 0.366 e. The molecule has 1 fully saturated rings. The highest BCUT2D eigenvalue weighted by Gasteiger charge is 2.43. The molecule has 1 aliphatic heterocycles. The number of amides is 2. The van der Waals surface area contributed by atoms with Crippen LogP contribution in [0.5, 0.6) is 0 Å². The third kappa shape index (κ3) is 7.90. The van der Waals surface area contributed by atoms with E-state index in [1.165, 1.54) is 0 Å². The lowest BCUT2D eigenvalue weighted by atomic mass is 9.89. The van der Waals surface area contributed by atoms with Gasteiger partial charge >= 0.3 is 10.2 Å². The number of rotatable bonds is 12. The van der Waals surface area contributed by atoms with Crippen LogP contribution in [0.1, 0.15) is 33.2 Å². The van der Waals surface area contributed by atoms with E-state index >= 15 is 0 Å². The van der Waals surface area contributed by atoms with Crippen molar-refractivity contribution in [2.24, 2.45) is 5.73 Å². The van der Waals surface area contributed by atoms with E-state index in [0.29, 0.717) is 50.5 Å². The summed E-state index contributed by atoms with van der Waals surface area (Å²) in [5.74, 6) is -0.924. The summed E-state index contributed by atoms with van der Waals surface area (Å²) in [6.07, 6.45) is 1.77. The normalized spacial score (nSPS) is 15.0. The molecular formula is C37H36Cl2N5O5SSi. The van der Waals surface area contributed by atoms with Crippen molar-refractivity contribution in [3.8, 4) is 22.4 Å². The van der Waals surface area contributed by atoms with Crippen LogP contribution in [0.25, 0.3) is 22.4 Å². The Hall–Kier alpha value is -4.46. The fourth-order valence-electron chi connectivity index (χ4n) is 5.82. The second-order valence-corrected chi connectivity index (χ2v) is 21.6. The van der Waals surface area contributed by atoms with Crippen LogP contribution in [0.15, 0.2) is 91.1 Å². The van der Waals surface area contributed by atoms with Gasteiger partial charge in [-0.05, 0) is 70.8 Å². The molecule has 1 radical (unpaired) electrons. The Morgan fingerprint density at radius 2 is 1.71 bits per heavy atom. The minimum absolute atomic E-state index is 0.321. The highest BCUT2D eigenvalue weighted by atomic mass is 35.5.